The van der Waals surface area contributed by atoms with Gasteiger partial charge in [0, 0.05) is 11.6 Å². The number of hydrogen-bond donors (Lipinski definition) is 1. The van der Waals surface area contributed by atoms with E-state index in [2.05, 4.69) is 20.9 Å². The van der Waals surface area contributed by atoms with Gasteiger partial charge in [-0.2, -0.15) is 0 Å². The molecule has 2 aromatic rings. The lowest BCUT2D eigenvalue weighted by molar-refractivity contribution is 0.376. The third-order valence-electron chi connectivity index (χ3n) is 2.39. The molecule has 3 nitrogen and oxygen atoms in total. The van der Waals surface area contributed by atoms with E-state index in [9.17, 15) is 0 Å². The maximum atomic E-state index is 5.52. The molecular weight excluding hydrogens is 300 g/mol. The van der Waals surface area contributed by atoms with Gasteiger partial charge in [-0.15, -0.1) is 0 Å². The van der Waals surface area contributed by atoms with Crippen molar-refractivity contribution >= 4 is 44.0 Å². The molecule has 0 fully saturated rings. The van der Waals surface area contributed by atoms with Gasteiger partial charge in [0.2, 0.25) is 0 Å². The van der Waals surface area contributed by atoms with Gasteiger partial charge in [-0.25, -0.2) is 0 Å². The molecule has 0 spiro atoms. The minimum atomic E-state index is 0.235. The minimum Gasteiger partial charge on any atom is -0.485 e. The van der Waals surface area contributed by atoms with Gasteiger partial charge >= 0.3 is 0 Å². The van der Waals surface area contributed by atoms with Crippen LogP contribution in [0.5, 0.6) is 5.75 Å². The maximum absolute atomic E-state index is 5.52. The summed E-state index contributed by atoms with van der Waals surface area (Å²) in [5.74, 6) is 0.724. The number of thiocarbonyl (C=S) groups is 1. The molecule has 0 saturated heterocycles. The topological polar surface area (TPSA) is 48.1 Å². The van der Waals surface area contributed by atoms with Gasteiger partial charge in [-0.3, -0.25) is 4.98 Å². The van der Waals surface area contributed by atoms with Crippen LogP contribution in [0.25, 0.3) is 10.9 Å². The zero-order valence-electron chi connectivity index (χ0n) is 9.24. The number of nitrogens with two attached hydrogens (primary N) is 1. The van der Waals surface area contributed by atoms with Gasteiger partial charge in [0.05, 0.1) is 9.99 Å². The molecule has 17 heavy (non-hydrogen) atoms. The highest BCUT2D eigenvalue weighted by atomic mass is 79.9. The molecule has 0 aliphatic carbocycles. The Balaban J connectivity index is 2.49. The lowest BCUT2D eigenvalue weighted by Crippen LogP contribution is -2.18. The van der Waals surface area contributed by atoms with Crippen molar-refractivity contribution in [2.75, 3.05) is 6.61 Å². The SMILES string of the molecule is Cc1ccnc2ccc(OCC(N)=S)c(Br)c12. The zero-order chi connectivity index (χ0) is 12.4. The van der Waals surface area contributed by atoms with Crippen LogP contribution in [0.1, 0.15) is 5.56 Å². The molecule has 0 bridgehead atoms. The smallest absolute Gasteiger partial charge is 0.138 e. The molecule has 88 valence electrons. The first-order valence-corrected chi connectivity index (χ1v) is 6.24. The number of pyridine rings is 1. The van der Waals surface area contributed by atoms with E-state index >= 15 is 0 Å². The third-order valence-corrected chi connectivity index (χ3v) is 3.29. The molecule has 5 heteroatoms. The van der Waals surface area contributed by atoms with E-state index in [1.807, 2.05) is 25.1 Å². The first kappa shape index (κ1) is 12.3. The molecule has 0 saturated carbocycles. The number of ether oxygens (including phenoxy) is 1. The summed E-state index contributed by atoms with van der Waals surface area (Å²) in [5.41, 5.74) is 7.48. The van der Waals surface area contributed by atoms with E-state index in [1.54, 1.807) is 6.20 Å². The summed E-state index contributed by atoms with van der Waals surface area (Å²) in [5, 5.41) is 1.05. The monoisotopic (exact) mass is 310 g/mol. The molecule has 0 radical (unpaired) electrons. The number of benzene rings is 1. The summed E-state index contributed by atoms with van der Waals surface area (Å²) in [7, 11) is 0. The number of hydrogen-bond acceptors (Lipinski definition) is 3. The van der Waals surface area contributed by atoms with E-state index in [4.69, 9.17) is 22.7 Å². The van der Waals surface area contributed by atoms with Crippen molar-refractivity contribution in [3.63, 3.8) is 0 Å². The van der Waals surface area contributed by atoms with Crippen molar-refractivity contribution < 1.29 is 4.74 Å². The van der Waals surface area contributed by atoms with E-state index in [-0.39, 0.29) is 6.61 Å². The Morgan fingerprint density at radius 1 is 1.47 bits per heavy atom. The zero-order valence-corrected chi connectivity index (χ0v) is 11.6. The van der Waals surface area contributed by atoms with Crippen LogP contribution < -0.4 is 10.5 Å². The number of nitrogens with zero attached hydrogens (tertiary/aromatic N) is 1. The number of aryl methyl sites for hydroxylation is 1. The average Bonchev–Trinajstić information content (AvgIpc) is 2.28. The summed E-state index contributed by atoms with van der Waals surface area (Å²) in [6.45, 7) is 2.27. The molecule has 2 N–H and O–H groups in total. The maximum Gasteiger partial charge on any atom is 0.138 e. The summed E-state index contributed by atoms with van der Waals surface area (Å²) in [6, 6.07) is 5.74. The van der Waals surface area contributed by atoms with Gasteiger partial charge in [0.25, 0.3) is 0 Å². The highest BCUT2D eigenvalue weighted by Crippen LogP contribution is 2.34. The van der Waals surface area contributed by atoms with Gasteiger partial charge in [0.1, 0.15) is 17.3 Å². The van der Waals surface area contributed by atoms with Crippen LogP contribution >= 0.6 is 28.1 Å². The average molecular weight is 311 g/mol. The minimum absolute atomic E-state index is 0.235. The Bertz CT molecular complexity index is 586. The molecule has 0 amide bonds. The Hall–Kier alpha value is -1.20. The fourth-order valence-electron chi connectivity index (χ4n) is 1.60. The van der Waals surface area contributed by atoms with E-state index in [0.717, 1.165) is 26.7 Å². The second-order valence-electron chi connectivity index (χ2n) is 3.65. The van der Waals surface area contributed by atoms with Gasteiger partial charge in [-0.1, -0.05) is 12.2 Å². The fourth-order valence-corrected chi connectivity index (χ4v) is 2.42. The molecular formula is C12H11BrN2OS. The fraction of sp³-hybridized carbons (Fsp3) is 0.167. The number of halogens is 1. The van der Waals surface area contributed by atoms with Crippen LogP contribution in [-0.4, -0.2) is 16.6 Å². The molecule has 0 unspecified atom stereocenters. The normalized spacial score (nSPS) is 10.5. The summed E-state index contributed by atoms with van der Waals surface area (Å²) in [4.78, 5) is 4.64. The predicted octanol–water partition coefficient (Wildman–Crippen LogP) is 2.97. The number of aromatic nitrogens is 1. The van der Waals surface area contributed by atoms with Crippen molar-refractivity contribution in [3.8, 4) is 5.75 Å². The predicted molar refractivity (Wildman–Crippen MR) is 76.5 cm³/mol. The summed E-state index contributed by atoms with van der Waals surface area (Å²) >= 11 is 8.32. The van der Waals surface area contributed by atoms with Crippen LogP contribution in [0, 0.1) is 6.92 Å². The second kappa shape index (κ2) is 4.98. The number of rotatable bonds is 3. The van der Waals surface area contributed by atoms with Gasteiger partial charge < -0.3 is 10.5 Å². The Kier molecular flexibility index (Phi) is 3.59. The van der Waals surface area contributed by atoms with Crippen LogP contribution in [0.3, 0.4) is 0 Å². The molecule has 2 rings (SSSR count). The van der Waals surface area contributed by atoms with Crippen molar-refractivity contribution in [1.29, 1.82) is 0 Å². The lowest BCUT2D eigenvalue weighted by atomic mass is 10.1. The first-order valence-electron chi connectivity index (χ1n) is 5.04. The van der Waals surface area contributed by atoms with Crippen molar-refractivity contribution in [3.05, 3.63) is 34.4 Å². The lowest BCUT2D eigenvalue weighted by Gasteiger charge is -2.10. The Morgan fingerprint density at radius 2 is 2.24 bits per heavy atom. The molecule has 1 aromatic carbocycles. The van der Waals surface area contributed by atoms with Crippen LogP contribution in [0.4, 0.5) is 0 Å². The summed E-state index contributed by atoms with van der Waals surface area (Å²) in [6.07, 6.45) is 1.79. The van der Waals surface area contributed by atoms with E-state index in [1.165, 1.54) is 0 Å². The third kappa shape index (κ3) is 2.56. The molecule has 1 aromatic heterocycles. The second-order valence-corrected chi connectivity index (χ2v) is 4.97. The first-order chi connectivity index (χ1) is 8.09. The summed E-state index contributed by atoms with van der Waals surface area (Å²) < 4.78 is 6.41. The molecule has 0 aliphatic heterocycles. The number of fused-ring (bicyclic) bond motifs is 1. The Labute approximate surface area is 113 Å². The van der Waals surface area contributed by atoms with Crippen LogP contribution in [0.15, 0.2) is 28.9 Å². The highest BCUT2D eigenvalue weighted by molar-refractivity contribution is 9.10. The van der Waals surface area contributed by atoms with E-state index in [0.29, 0.717) is 4.99 Å². The van der Waals surface area contributed by atoms with Crippen LogP contribution in [0.2, 0.25) is 0 Å². The van der Waals surface area contributed by atoms with Crippen molar-refractivity contribution in [2.24, 2.45) is 5.73 Å². The standard InChI is InChI=1S/C12H11BrN2OS/c1-7-4-5-15-8-2-3-9(12(13)11(7)8)16-6-10(14)17/h2-5H,6H2,1H3,(H2,14,17). The molecule has 0 atom stereocenters. The Morgan fingerprint density at radius 3 is 2.94 bits per heavy atom. The van der Waals surface area contributed by atoms with Gasteiger partial charge in [0.15, 0.2) is 0 Å². The molecule has 0 aliphatic rings. The highest BCUT2D eigenvalue weighted by Gasteiger charge is 2.09. The van der Waals surface area contributed by atoms with E-state index < -0.39 is 0 Å². The van der Waals surface area contributed by atoms with Crippen molar-refractivity contribution in [1.82, 2.24) is 4.98 Å². The van der Waals surface area contributed by atoms with Crippen LogP contribution in [-0.2, 0) is 0 Å². The quantitative estimate of drug-likeness (QED) is 0.885. The van der Waals surface area contributed by atoms with Crippen molar-refractivity contribution in [2.45, 2.75) is 6.92 Å². The molecule has 1 heterocycles. The van der Waals surface area contributed by atoms with Gasteiger partial charge in [-0.05, 0) is 46.6 Å². The largest absolute Gasteiger partial charge is 0.485 e.